The summed E-state index contributed by atoms with van der Waals surface area (Å²) >= 11 is 9.65. The highest BCUT2D eigenvalue weighted by Crippen LogP contribution is 2.35. The van der Waals surface area contributed by atoms with Crippen LogP contribution in [0.3, 0.4) is 0 Å². The number of hydrogen-bond donors (Lipinski definition) is 10. The fraction of sp³-hybridized carbons (Fsp3) is 0.391. The SMILES string of the molecule is C.C.C.CC(C)(C)OC(=O)NC[C@@H](N)c1cc(F)cc(Br)c1.CC(C)(C)OC(=O)NC[C@@H](NC(=O)c1ccc(-c2nc(C3CCOCC3)cnc2N)cc1F)c1cc(F)cc(Br)c1.NC[C@@H](NC(=O)c1ccc(-c2nc(C3CCOCC3)cnc2N)cc1F)c1cc(F)cc(Br)c1.Nc1ncc(C2CCOCC2)nc1-c1ccc(C(=O)O)c(F)c1.[2H]CC. The van der Waals surface area contributed by atoms with Crippen molar-refractivity contribution in [1.82, 2.24) is 51.2 Å². The van der Waals surface area contributed by atoms with Crippen molar-refractivity contribution >= 4 is 95.2 Å². The molecule has 15 N–H and O–H groups in total. The summed E-state index contributed by atoms with van der Waals surface area (Å²) in [6.07, 6.45) is 8.61. The summed E-state index contributed by atoms with van der Waals surface area (Å²) in [6, 6.07) is 22.6. The smallest absolute Gasteiger partial charge is 0.407 e. The van der Waals surface area contributed by atoms with E-state index in [4.69, 9.17) is 58.8 Å². The monoisotopic (exact) mass is 1890 g/mol. The maximum atomic E-state index is 15.3. The molecule has 4 amide bonds. The van der Waals surface area contributed by atoms with E-state index in [0.29, 0.717) is 110 Å². The van der Waals surface area contributed by atoms with E-state index >= 15 is 4.39 Å². The lowest BCUT2D eigenvalue weighted by atomic mass is 9.96. The molecular weight excluding hydrogens is 1780 g/mol. The van der Waals surface area contributed by atoms with Crippen molar-refractivity contribution in [3.8, 4) is 33.8 Å². The molecule has 26 nitrogen and oxygen atoms in total. The normalized spacial score (nSPS) is 14.3. The lowest BCUT2D eigenvalue weighted by molar-refractivity contribution is 0.0511. The van der Waals surface area contributed by atoms with Crippen LogP contribution in [0.15, 0.2) is 141 Å². The topological polar surface area (TPSA) is 407 Å². The molecule has 122 heavy (non-hydrogen) atoms. The highest BCUT2D eigenvalue weighted by atomic mass is 79.9. The molecule has 660 valence electrons. The predicted molar refractivity (Wildman–Crippen MR) is 470 cm³/mol. The quantitative estimate of drug-likeness (QED) is 0.0336. The lowest BCUT2D eigenvalue weighted by Gasteiger charge is -2.23. The van der Waals surface area contributed by atoms with E-state index in [0.717, 1.165) is 61.7 Å². The molecule has 3 aliphatic heterocycles. The van der Waals surface area contributed by atoms with Gasteiger partial charge in [0.25, 0.3) is 11.8 Å². The number of halogens is 9. The second-order valence-electron chi connectivity index (χ2n) is 29.4. The molecular formula is C87H108Br3F6N15O11. The number of nitrogens with two attached hydrogens (primary N) is 5. The fourth-order valence-corrected chi connectivity index (χ4v) is 13.9. The van der Waals surface area contributed by atoms with E-state index < -0.39 is 88.4 Å². The largest absolute Gasteiger partial charge is 0.478 e. The summed E-state index contributed by atoms with van der Waals surface area (Å²) in [5.74, 6) is -5.44. The number of nitrogens with one attached hydrogen (secondary N) is 4. The van der Waals surface area contributed by atoms with Gasteiger partial charge in [-0.2, -0.15) is 0 Å². The number of aromatic nitrogens is 6. The third kappa shape index (κ3) is 30.6. The average Bonchev–Trinajstić information content (AvgIpc) is 0.794. The first-order valence-electron chi connectivity index (χ1n) is 38.5. The van der Waals surface area contributed by atoms with Crippen molar-refractivity contribution < 1.29 is 80.5 Å². The van der Waals surface area contributed by atoms with Crippen LogP contribution in [0.2, 0.25) is 0 Å². The Hall–Kier alpha value is -10.3. The number of benzene rings is 6. The molecule has 9 aromatic rings. The molecule has 3 atom stereocenters. The minimum atomic E-state index is -1.32. The molecule has 6 heterocycles. The van der Waals surface area contributed by atoms with Crippen LogP contribution in [0.25, 0.3) is 33.8 Å². The second kappa shape index (κ2) is 48.0. The van der Waals surface area contributed by atoms with Crippen LogP contribution in [0.1, 0.15) is 218 Å². The minimum absolute atomic E-state index is 0. The summed E-state index contributed by atoms with van der Waals surface area (Å²) in [5.41, 5.74) is 33.5. The number of carbonyl (C=O) groups is 5. The zero-order valence-electron chi connectivity index (χ0n) is 67.4. The number of anilines is 3. The minimum Gasteiger partial charge on any atom is -0.478 e. The Bertz CT molecular complexity index is 4990. The molecule has 3 saturated heterocycles. The Morgan fingerprint density at radius 1 is 0.492 bits per heavy atom. The maximum absolute atomic E-state index is 15.3. The number of amides is 4. The van der Waals surface area contributed by atoms with Gasteiger partial charge in [0.1, 0.15) is 80.6 Å². The number of rotatable bonds is 19. The Kier molecular flexibility index (Phi) is 39.5. The molecule has 0 spiro atoms. The Labute approximate surface area is 734 Å². The van der Waals surface area contributed by atoms with Gasteiger partial charge >= 0.3 is 18.2 Å². The van der Waals surface area contributed by atoms with Crippen molar-refractivity contribution in [1.29, 1.82) is 0 Å². The van der Waals surface area contributed by atoms with Crippen LogP contribution < -0.4 is 49.9 Å². The molecule has 3 fully saturated rings. The first-order valence-corrected chi connectivity index (χ1v) is 40.2. The molecule has 0 saturated carbocycles. The van der Waals surface area contributed by atoms with Crippen molar-refractivity contribution in [3.05, 3.63) is 227 Å². The highest BCUT2D eigenvalue weighted by Gasteiger charge is 2.29. The molecule has 35 heteroatoms. The zero-order valence-corrected chi connectivity index (χ0v) is 71.2. The molecule has 0 aliphatic carbocycles. The molecule has 12 rings (SSSR count). The number of carbonyl (C=O) groups excluding carboxylic acids is 4. The molecule has 0 bridgehead atoms. The van der Waals surface area contributed by atoms with Crippen molar-refractivity contribution in [2.45, 2.75) is 163 Å². The van der Waals surface area contributed by atoms with Gasteiger partial charge < -0.3 is 78.7 Å². The molecule has 0 radical (unpaired) electrons. The summed E-state index contributed by atoms with van der Waals surface area (Å²) in [7, 11) is 0. The lowest BCUT2D eigenvalue weighted by Crippen LogP contribution is -2.40. The third-order valence-electron chi connectivity index (χ3n) is 18.3. The number of nitrogens with zero attached hydrogens (tertiary/aromatic N) is 6. The van der Waals surface area contributed by atoms with Gasteiger partial charge in [-0.15, -0.1) is 0 Å². The van der Waals surface area contributed by atoms with Gasteiger partial charge in [0.2, 0.25) is 0 Å². The van der Waals surface area contributed by atoms with Gasteiger partial charge in [-0.25, -0.2) is 70.6 Å². The van der Waals surface area contributed by atoms with Gasteiger partial charge in [0.05, 0.1) is 64.4 Å². The molecule has 0 unspecified atom stereocenters. The Morgan fingerprint density at radius 3 is 1.11 bits per heavy atom. The van der Waals surface area contributed by atoms with Gasteiger partial charge in [0.15, 0.2) is 0 Å². The molecule has 3 aliphatic rings. The van der Waals surface area contributed by atoms with E-state index in [9.17, 15) is 45.9 Å². The number of alkyl carbamates (subject to hydrolysis) is 2. The molecule has 3 aromatic heterocycles. The van der Waals surface area contributed by atoms with Crippen molar-refractivity contribution in [2.75, 3.05) is 76.5 Å². The van der Waals surface area contributed by atoms with Crippen molar-refractivity contribution in [3.63, 3.8) is 0 Å². The van der Waals surface area contributed by atoms with Crippen LogP contribution in [-0.2, 0) is 23.7 Å². The zero-order chi connectivity index (χ0) is 87.7. The van der Waals surface area contributed by atoms with Crippen LogP contribution in [-0.4, -0.2) is 135 Å². The van der Waals surface area contributed by atoms with Crippen LogP contribution in [0.5, 0.6) is 0 Å². The van der Waals surface area contributed by atoms with Gasteiger partial charge in [0, 0.05) is 115 Å². The van der Waals surface area contributed by atoms with Crippen molar-refractivity contribution in [2.24, 2.45) is 11.5 Å². The van der Waals surface area contributed by atoms with Gasteiger partial charge in [-0.05, 0) is 188 Å². The number of carboxylic acids is 1. The molecule has 6 aromatic carbocycles. The number of aromatic carboxylic acids is 1. The van der Waals surface area contributed by atoms with Gasteiger partial charge in [-0.1, -0.05) is 102 Å². The number of carboxylic acid groups (broad SMARTS) is 1. The Morgan fingerprint density at radius 2 is 0.795 bits per heavy atom. The van der Waals surface area contributed by atoms with Gasteiger partial charge in [-0.3, -0.25) is 9.59 Å². The van der Waals surface area contributed by atoms with E-state index in [-0.39, 0.29) is 99.6 Å². The van der Waals surface area contributed by atoms with E-state index in [2.05, 4.69) is 99.0 Å². The highest BCUT2D eigenvalue weighted by molar-refractivity contribution is 9.11. The summed E-state index contributed by atoms with van der Waals surface area (Å²) in [6.45, 7) is 16.7. The maximum Gasteiger partial charge on any atom is 0.407 e. The fourth-order valence-electron chi connectivity index (χ4n) is 12.4. The van der Waals surface area contributed by atoms with Crippen LogP contribution in [0.4, 0.5) is 53.4 Å². The van der Waals surface area contributed by atoms with Crippen LogP contribution >= 0.6 is 47.8 Å². The summed E-state index contributed by atoms with van der Waals surface area (Å²) in [5, 5.41) is 19.4. The van der Waals surface area contributed by atoms with Crippen LogP contribution in [0, 0.1) is 34.9 Å². The first kappa shape index (κ1) is 101. The summed E-state index contributed by atoms with van der Waals surface area (Å²) < 4.78 is 120. The average molecular weight is 1890 g/mol. The second-order valence-corrected chi connectivity index (χ2v) is 32.2. The van der Waals surface area contributed by atoms with E-state index in [1.54, 1.807) is 97.4 Å². The Balaban J connectivity index is 0.000000297. The predicted octanol–water partition coefficient (Wildman–Crippen LogP) is 18.3. The standard InChI is InChI=1S/C29H32BrF2N5O4.C24H24BrF2N5O2.C16H16FN3O3.C13H18BrFN2O2.C2H6.3CH4/c1-29(2,3)41-28(39)35-15-24(18-10-19(30)13-20(31)11-18)37-27(38)21-5-4-17(12-22(21)32)25-26(33)34-14-23(36-25)16-6-8-40-9-7-16;25-16-7-15(8-17(26)10-16)20(11-28)32-24(33)18-2-1-14(9-19(18)27)22-23(29)30-12-21(31-22)13-3-5-34-6-4-13;17-12-7-10(1-2-11(12)16(21)22)14-15(18)19-8-13(20-14)9-3-5-23-6-4-9;1-13(2,3)19-12(18)17-7-11(16)8-4-9(14)6-10(15)5-8;1-2;;;/h4-5,10-14,16,24H,6-9,15H2,1-3H3,(H2,33,34)(H,35,39)(H,37,38);1-2,7-10,12-13,20H,3-6,11,28H2,(H2,29,30)(H,32,33);1-2,7-9H,3-6H2,(H2,18,19)(H,21,22);4-6,11H,7,16H2,1-3H3,(H,17,18);1-2H3;3*1H4/t24-;20-;;11-;;;;/m11.1..../s1/i;;;;1D;;;. The number of ether oxygens (including phenoxy) is 5. The number of nitrogen functional groups attached to an aromatic ring is 3. The summed E-state index contributed by atoms with van der Waals surface area (Å²) in [4.78, 5) is 87.0. The first-order chi connectivity index (χ1) is 56.9. The third-order valence-corrected chi connectivity index (χ3v) is 19.6. The van der Waals surface area contributed by atoms with E-state index in [1.165, 1.54) is 72.8 Å². The van der Waals surface area contributed by atoms with E-state index in [1.807, 2.05) is 0 Å². The number of hydrogen-bond acceptors (Lipinski definition) is 21.